The third kappa shape index (κ3) is 6.46. The van der Waals surface area contributed by atoms with Gasteiger partial charge in [-0.05, 0) is 50.3 Å². The molecular formula is C20H34N4O5S. The highest BCUT2D eigenvalue weighted by molar-refractivity contribution is 7.90. The zero-order valence-electron chi connectivity index (χ0n) is 17.8. The predicted octanol–water partition coefficient (Wildman–Crippen LogP) is 4.09. The second-order valence-corrected chi connectivity index (χ2v) is 9.13. The first-order chi connectivity index (χ1) is 14.1. The summed E-state index contributed by atoms with van der Waals surface area (Å²) in [7, 11) is -4.11. The lowest BCUT2D eigenvalue weighted by Gasteiger charge is -2.15. The number of nitrogens with one attached hydrogen (secondary N) is 2. The van der Waals surface area contributed by atoms with Crippen molar-refractivity contribution in [3.05, 3.63) is 36.0 Å². The van der Waals surface area contributed by atoms with Crippen LogP contribution in [0.1, 0.15) is 60.9 Å². The number of carbonyl (C=O) groups excluding carboxylic acids is 1. The molecule has 0 unspecified atom stereocenters. The smallest absolute Gasteiger partial charge is 0.333 e. The Bertz CT molecular complexity index is 953. The summed E-state index contributed by atoms with van der Waals surface area (Å²) in [4.78, 5) is 12.1. The monoisotopic (exact) mass is 442 g/mol. The number of sulfonamides is 1. The first kappa shape index (κ1) is 23.7. The third-order valence-corrected chi connectivity index (χ3v) is 5.60. The summed E-state index contributed by atoms with van der Waals surface area (Å²) in [6, 6.07) is 5.16. The molecule has 1 aromatic heterocycles. The van der Waals surface area contributed by atoms with E-state index in [1.807, 2.05) is 32.4 Å². The number of hydrogen-bond donors (Lipinski definition) is 3. The van der Waals surface area contributed by atoms with E-state index < -0.39 is 16.1 Å². The molecule has 0 bridgehead atoms. The first-order valence-electron chi connectivity index (χ1n) is 9.90. The Morgan fingerprint density at radius 3 is 2.37 bits per heavy atom. The van der Waals surface area contributed by atoms with Gasteiger partial charge in [0, 0.05) is 28.3 Å². The van der Waals surface area contributed by atoms with Crippen molar-refractivity contribution in [2.75, 3.05) is 18.5 Å². The molecule has 1 aliphatic heterocycles. The second-order valence-electron chi connectivity index (χ2n) is 7.50. The highest BCUT2D eigenvalue weighted by Gasteiger charge is 2.22. The van der Waals surface area contributed by atoms with Crippen LogP contribution in [0, 0.1) is 0 Å². The summed E-state index contributed by atoms with van der Waals surface area (Å²) in [5.41, 5.74) is 0.870. The molecule has 0 aliphatic carbocycles. The molecule has 0 atom stereocenters. The van der Waals surface area contributed by atoms with E-state index >= 15 is 0 Å². The van der Waals surface area contributed by atoms with E-state index in [1.165, 1.54) is 35.9 Å². The van der Waals surface area contributed by atoms with E-state index in [-0.39, 0.29) is 31.3 Å². The van der Waals surface area contributed by atoms with Gasteiger partial charge in [0.25, 0.3) is 10.0 Å². The van der Waals surface area contributed by atoms with Gasteiger partial charge in [-0.15, -0.1) is 0 Å². The number of amides is 2. The van der Waals surface area contributed by atoms with E-state index in [0.717, 1.165) is 13.2 Å². The van der Waals surface area contributed by atoms with Gasteiger partial charge in [-0.25, -0.2) is 9.52 Å². The standard InChI is InChI=1S/C16H22N4O4S.C4H8O.2H2/c1-10(2)12-6-5-7-13(21)15(12)17-16(22)19-25(23,24)14-8-9-20(18-14)11(3)4;1-2-4-5-3-1;;/h5-11,21H,1-4H3,(H2,17,19,22);1-4H2;2*1H. The van der Waals surface area contributed by atoms with Gasteiger partial charge in [-0.2, -0.15) is 13.5 Å². The highest BCUT2D eigenvalue weighted by Crippen LogP contribution is 2.32. The Morgan fingerprint density at radius 2 is 1.87 bits per heavy atom. The maximum atomic E-state index is 12.3. The fraction of sp³-hybridized carbons (Fsp3) is 0.500. The minimum atomic E-state index is -4.11. The van der Waals surface area contributed by atoms with E-state index in [1.54, 1.807) is 12.1 Å². The molecule has 3 N–H and O–H groups in total. The number of nitrogens with zero attached hydrogens (tertiary/aromatic N) is 2. The van der Waals surface area contributed by atoms with Crippen LogP contribution >= 0.6 is 0 Å². The van der Waals surface area contributed by atoms with Crippen LogP contribution in [0.2, 0.25) is 0 Å². The fourth-order valence-corrected chi connectivity index (χ4v) is 3.59. The van der Waals surface area contributed by atoms with Gasteiger partial charge in [0.1, 0.15) is 5.75 Å². The minimum Gasteiger partial charge on any atom is -0.506 e. The van der Waals surface area contributed by atoms with Crippen LogP contribution in [0.5, 0.6) is 5.75 Å². The molecule has 1 fully saturated rings. The summed E-state index contributed by atoms with van der Waals surface area (Å²) in [5.74, 6) is -0.108. The van der Waals surface area contributed by atoms with Crippen LogP contribution in [-0.2, 0) is 14.8 Å². The van der Waals surface area contributed by atoms with Crippen molar-refractivity contribution in [3.63, 3.8) is 0 Å². The lowest BCUT2D eigenvalue weighted by atomic mass is 10.0. The van der Waals surface area contributed by atoms with Crippen molar-refractivity contribution >= 4 is 21.7 Å². The number of phenolic OH excluding ortho intramolecular Hbond substituents is 1. The number of hydrogen-bond acceptors (Lipinski definition) is 6. The molecule has 30 heavy (non-hydrogen) atoms. The van der Waals surface area contributed by atoms with Crippen molar-refractivity contribution in [2.45, 2.75) is 57.5 Å². The maximum absolute atomic E-state index is 12.3. The van der Waals surface area contributed by atoms with Crippen molar-refractivity contribution in [1.29, 1.82) is 0 Å². The number of benzene rings is 1. The first-order valence-corrected chi connectivity index (χ1v) is 11.4. The van der Waals surface area contributed by atoms with Crippen molar-refractivity contribution < 1.29 is 25.9 Å². The number of rotatable bonds is 5. The Balaban J connectivity index is 0.00000121. The van der Waals surface area contributed by atoms with Gasteiger partial charge in [-0.3, -0.25) is 4.68 Å². The van der Waals surface area contributed by atoms with E-state index in [0.29, 0.717) is 5.56 Å². The van der Waals surface area contributed by atoms with E-state index in [4.69, 9.17) is 4.74 Å². The van der Waals surface area contributed by atoms with Gasteiger partial charge < -0.3 is 15.2 Å². The topological polar surface area (TPSA) is 123 Å². The van der Waals surface area contributed by atoms with Crippen LogP contribution in [0.3, 0.4) is 0 Å². The molecule has 0 radical (unpaired) electrons. The van der Waals surface area contributed by atoms with Crippen LogP contribution < -0.4 is 10.0 Å². The molecular weight excluding hydrogens is 408 g/mol. The molecule has 170 valence electrons. The molecule has 3 rings (SSSR count). The normalized spacial score (nSPS) is 13.8. The van der Waals surface area contributed by atoms with Crippen LogP contribution in [0.15, 0.2) is 35.5 Å². The quantitative estimate of drug-likeness (QED) is 0.599. The average molecular weight is 443 g/mol. The Labute approximate surface area is 180 Å². The van der Waals surface area contributed by atoms with E-state index in [9.17, 15) is 18.3 Å². The van der Waals surface area contributed by atoms with Gasteiger partial charge in [-0.1, -0.05) is 26.0 Å². The summed E-state index contributed by atoms with van der Waals surface area (Å²) < 4.78 is 32.8. The Hall–Kier alpha value is -2.59. The number of para-hydroxylation sites is 1. The zero-order valence-corrected chi connectivity index (χ0v) is 18.6. The maximum Gasteiger partial charge on any atom is 0.333 e. The van der Waals surface area contributed by atoms with E-state index in [2.05, 4.69) is 10.4 Å². The molecule has 2 amide bonds. The molecule has 0 saturated carbocycles. The summed E-state index contributed by atoms with van der Waals surface area (Å²) in [6.07, 6.45) is 4.08. The van der Waals surface area contributed by atoms with Crippen molar-refractivity contribution in [2.24, 2.45) is 0 Å². The minimum absolute atomic E-state index is 0. The number of anilines is 1. The number of ether oxygens (including phenoxy) is 1. The lowest BCUT2D eigenvalue weighted by Crippen LogP contribution is -2.35. The Kier molecular flexibility index (Phi) is 8.24. The summed E-state index contributed by atoms with van der Waals surface area (Å²) >= 11 is 0. The molecule has 9 nitrogen and oxygen atoms in total. The average Bonchev–Trinajstić information content (AvgIpc) is 3.38. The van der Waals surface area contributed by atoms with Gasteiger partial charge in [0.2, 0.25) is 0 Å². The highest BCUT2D eigenvalue weighted by atomic mass is 32.2. The number of carbonyl (C=O) groups is 1. The third-order valence-electron chi connectivity index (χ3n) is 4.38. The zero-order chi connectivity index (χ0) is 22.3. The van der Waals surface area contributed by atoms with Crippen LogP contribution in [-0.4, -0.2) is 42.5 Å². The van der Waals surface area contributed by atoms with Gasteiger partial charge >= 0.3 is 6.03 Å². The molecule has 0 spiro atoms. The molecule has 1 aromatic carbocycles. The largest absolute Gasteiger partial charge is 0.506 e. The number of urea groups is 1. The van der Waals surface area contributed by atoms with Gasteiger partial charge in [0.15, 0.2) is 5.03 Å². The lowest BCUT2D eigenvalue weighted by molar-refractivity contribution is 0.198. The molecule has 10 heteroatoms. The summed E-state index contributed by atoms with van der Waals surface area (Å²) in [5, 5.41) is 16.1. The van der Waals surface area contributed by atoms with Crippen molar-refractivity contribution in [3.8, 4) is 5.75 Å². The number of aromatic nitrogens is 2. The van der Waals surface area contributed by atoms with Gasteiger partial charge in [0.05, 0.1) is 5.69 Å². The molecule has 1 aliphatic rings. The Morgan fingerprint density at radius 1 is 1.20 bits per heavy atom. The van der Waals surface area contributed by atoms with Crippen molar-refractivity contribution in [1.82, 2.24) is 14.5 Å². The number of phenols is 1. The SMILES string of the molecule is C1CCOC1.CC(C)c1cccc(O)c1NC(=O)NS(=O)(=O)c1ccn(C(C)C)n1.[HH].[HH]. The van der Waals surface area contributed by atoms with Crippen LogP contribution in [0.4, 0.5) is 10.5 Å². The molecule has 2 heterocycles. The second kappa shape index (κ2) is 10.4. The number of aromatic hydroxyl groups is 1. The molecule has 2 aromatic rings. The summed E-state index contributed by atoms with van der Waals surface area (Å²) in [6.45, 7) is 9.50. The molecule has 1 saturated heterocycles. The fourth-order valence-electron chi connectivity index (χ4n) is 2.75. The van der Waals surface area contributed by atoms with Crippen LogP contribution in [0.25, 0.3) is 0 Å². The predicted molar refractivity (Wildman–Crippen MR) is 118 cm³/mol.